The normalized spacial score (nSPS) is 21.8. The minimum atomic E-state index is -2.02. The van der Waals surface area contributed by atoms with Gasteiger partial charge in [0.2, 0.25) is 0 Å². The number of benzene rings is 1. The Labute approximate surface area is 271 Å². The molecule has 2 bridgehead atoms. The fourth-order valence-corrected chi connectivity index (χ4v) is 3.52. The first kappa shape index (κ1) is 34.9. The predicted octanol–water partition coefficient (Wildman–Crippen LogP) is -16.4. The second-order valence-corrected chi connectivity index (χ2v) is 6.61. The summed E-state index contributed by atoms with van der Waals surface area (Å²) in [6, 6.07) is 6.14. The Morgan fingerprint density at radius 2 is 0.938 bits per heavy atom. The fourth-order valence-electron chi connectivity index (χ4n) is 3.52. The third-order valence-electron chi connectivity index (χ3n) is 4.95. The molecule has 14 heteroatoms. The number of carboxylic acid groups (broad SMARTS) is 4. The minimum absolute atomic E-state index is 0. The summed E-state index contributed by atoms with van der Waals surface area (Å²) in [5.41, 5.74) is -2.65. The van der Waals surface area contributed by atoms with Crippen molar-refractivity contribution in [1.82, 2.24) is 0 Å². The maximum atomic E-state index is 11.2. The van der Waals surface area contributed by atoms with Gasteiger partial charge < -0.3 is 39.6 Å². The van der Waals surface area contributed by atoms with E-state index in [9.17, 15) is 39.6 Å². The fraction of sp³-hybridized carbons (Fsp3) is 0.333. The van der Waals surface area contributed by atoms with Gasteiger partial charge in [-0.15, -0.1) is 0 Å². The maximum Gasteiger partial charge on any atom is 1.00 e. The number of carbonyl (C=O) groups excluding carboxylic acids is 4. The monoisotopic (exact) mass is 480 g/mol. The first-order valence-electron chi connectivity index (χ1n) is 8.12. The van der Waals surface area contributed by atoms with E-state index < -0.39 is 59.8 Å². The van der Waals surface area contributed by atoms with Crippen LogP contribution in [0.1, 0.15) is 24.0 Å². The molecule has 4 rings (SSSR count). The van der Waals surface area contributed by atoms with Gasteiger partial charge >= 0.3 is 118 Å². The molecule has 2 heterocycles. The Balaban J connectivity index is 0. The van der Waals surface area contributed by atoms with Gasteiger partial charge in [-0.05, 0) is 23.3 Å². The van der Waals surface area contributed by atoms with Crippen LogP contribution >= 0.6 is 0 Å². The van der Waals surface area contributed by atoms with Crippen LogP contribution in [0.2, 0.25) is 0 Å². The summed E-state index contributed by atoms with van der Waals surface area (Å²) in [5, 5.41) is 44.6. The minimum Gasteiger partial charge on any atom is -0.549 e. The van der Waals surface area contributed by atoms with E-state index in [1.54, 1.807) is 12.1 Å². The van der Waals surface area contributed by atoms with E-state index >= 15 is 0 Å². The predicted molar refractivity (Wildman–Crippen MR) is 77.4 cm³/mol. The van der Waals surface area contributed by atoms with Crippen LogP contribution in [0, 0.1) is 11.8 Å². The summed E-state index contributed by atoms with van der Waals surface area (Å²) >= 11 is 0. The molecule has 3 aliphatic rings. The molecule has 0 aromatic heterocycles. The van der Waals surface area contributed by atoms with Crippen molar-refractivity contribution < 1.29 is 168 Å². The molecule has 10 nitrogen and oxygen atoms in total. The van der Waals surface area contributed by atoms with E-state index in [4.69, 9.17) is 9.78 Å². The summed E-state index contributed by atoms with van der Waals surface area (Å²) in [4.78, 5) is 55.2. The van der Waals surface area contributed by atoms with Crippen LogP contribution in [0.25, 0.3) is 0 Å². The van der Waals surface area contributed by atoms with Crippen LogP contribution < -0.4 is 139 Å². The number of carboxylic acids is 4. The van der Waals surface area contributed by atoms with Crippen molar-refractivity contribution >= 4 is 23.9 Å². The molecule has 0 saturated carbocycles. The SMILES string of the molecule is O=C([O-])C(CC12C=CC(CC(C(=O)[O-])C(=O)[O-])(OO1)c1ccccc12)C(=O)[O-].[Na+].[Na+].[Na+].[Na+]. The molecule has 2 unspecified atom stereocenters. The Morgan fingerprint density at radius 3 is 1.16 bits per heavy atom. The molecule has 2 atom stereocenters. The zero-order chi connectivity index (χ0) is 20.7. The van der Waals surface area contributed by atoms with Crippen molar-refractivity contribution in [3.8, 4) is 0 Å². The van der Waals surface area contributed by atoms with Crippen molar-refractivity contribution in [3.63, 3.8) is 0 Å². The third kappa shape index (κ3) is 6.70. The molecule has 0 radical (unpaired) electrons. The van der Waals surface area contributed by atoms with Crippen LogP contribution in [-0.2, 0) is 40.2 Å². The number of hydrogen-bond acceptors (Lipinski definition) is 10. The van der Waals surface area contributed by atoms with Crippen molar-refractivity contribution in [2.24, 2.45) is 11.8 Å². The molecule has 2 aliphatic heterocycles. The first-order valence-corrected chi connectivity index (χ1v) is 8.12. The standard InChI is InChI=1S/C18H16O10.4Na/c19-13(20)9(14(21)22)7-17-5-6-18(28-27-17,8-10(15(23)24)16(25)26)12-4-2-1-3-11(12)17;;;;/h1-6,9-10H,7-8H2,(H,19,20)(H,21,22)(H,23,24)(H,25,26);;;;/q;4*+1/p-4. The van der Waals surface area contributed by atoms with Gasteiger partial charge in [-0.1, -0.05) is 24.3 Å². The molecule has 0 saturated heterocycles. The summed E-state index contributed by atoms with van der Waals surface area (Å²) in [6.07, 6.45) is 1.37. The number of fused-ring (bicyclic) bond motifs is 1. The van der Waals surface area contributed by atoms with E-state index in [1.165, 1.54) is 24.3 Å². The quantitative estimate of drug-likeness (QED) is 0.150. The van der Waals surface area contributed by atoms with Crippen LogP contribution in [0.3, 0.4) is 0 Å². The summed E-state index contributed by atoms with van der Waals surface area (Å²) in [7, 11) is 0. The molecule has 148 valence electrons. The average Bonchev–Trinajstić information content (AvgIpc) is 2.65. The number of carbonyl (C=O) groups is 4. The molecule has 32 heavy (non-hydrogen) atoms. The second-order valence-electron chi connectivity index (χ2n) is 6.61. The molecule has 0 spiro atoms. The molecule has 1 aliphatic carbocycles. The van der Waals surface area contributed by atoms with Gasteiger partial charge in [-0.2, -0.15) is 0 Å². The first-order chi connectivity index (χ1) is 13.1. The van der Waals surface area contributed by atoms with Gasteiger partial charge in [0.1, 0.15) is 11.2 Å². The summed E-state index contributed by atoms with van der Waals surface area (Å²) in [5.74, 6) is -11.5. The van der Waals surface area contributed by atoms with Crippen molar-refractivity contribution in [2.45, 2.75) is 24.0 Å². The van der Waals surface area contributed by atoms with E-state index in [0.29, 0.717) is 11.1 Å². The largest absolute Gasteiger partial charge is 1.00 e. The van der Waals surface area contributed by atoms with E-state index in [2.05, 4.69) is 0 Å². The summed E-state index contributed by atoms with van der Waals surface area (Å²) < 4.78 is 0. The maximum absolute atomic E-state index is 11.2. The van der Waals surface area contributed by atoms with Crippen molar-refractivity contribution in [3.05, 3.63) is 47.5 Å². The van der Waals surface area contributed by atoms with Crippen molar-refractivity contribution in [1.29, 1.82) is 0 Å². The Kier molecular flexibility index (Phi) is 15.0. The van der Waals surface area contributed by atoms with Crippen LogP contribution in [-0.4, -0.2) is 23.9 Å². The van der Waals surface area contributed by atoms with Gasteiger partial charge in [0.15, 0.2) is 0 Å². The van der Waals surface area contributed by atoms with E-state index in [1.807, 2.05) is 0 Å². The van der Waals surface area contributed by atoms with Crippen LogP contribution in [0.4, 0.5) is 0 Å². The van der Waals surface area contributed by atoms with Gasteiger partial charge in [-0.25, -0.2) is 9.78 Å². The number of rotatable bonds is 8. The van der Waals surface area contributed by atoms with E-state index in [-0.39, 0.29) is 118 Å². The van der Waals surface area contributed by atoms with Crippen LogP contribution in [0.5, 0.6) is 0 Å². The smallest absolute Gasteiger partial charge is 0.549 e. The zero-order valence-electron chi connectivity index (χ0n) is 18.1. The Bertz CT molecular complexity index is 809. The number of aliphatic carboxylic acids is 4. The average molecular weight is 480 g/mol. The molecule has 0 fully saturated rings. The van der Waals surface area contributed by atoms with Gasteiger partial charge in [0.25, 0.3) is 0 Å². The van der Waals surface area contributed by atoms with Gasteiger partial charge in [0, 0.05) is 24.7 Å². The molecular weight excluding hydrogens is 468 g/mol. The Morgan fingerprint density at radius 1 is 0.656 bits per heavy atom. The van der Waals surface area contributed by atoms with Gasteiger partial charge in [-0.3, -0.25) is 0 Å². The molecule has 0 amide bonds. The third-order valence-corrected chi connectivity index (χ3v) is 4.95. The van der Waals surface area contributed by atoms with Crippen molar-refractivity contribution in [2.75, 3.05) is 0 Å². The second kappa shape index (κ2) is 13.7. The molecule has 1 aromatic rings. The molecule has 1 aromatic carbocycles. The molecule has 0 N–H and O–H groups in total. The summed E-state index contributed by atoms with van der Waals surface area (Å²) in [6.45, 7) is 0. The van der Waals surface area contributed by atoms with Gasteiger partial charge in [0.05, 0.1) is 23.9 Å². The molecular formula is C18H12Na4O10. The topological polar surface area (TPSA) is 179 Å². The number of hydrogen-bond donors (Lipinski definition) is 0. The Hall–Kier alpha value is 0.760. The zero-order valence-corrected chi connectivity index (χ0v) is 26.1. The van der Waals surface area contributed by atoms with Crippen LogP contribution in [0.15, 0.2) is 36.4 Å². The van der Waals surface area contributed by atoms with E-state index in [0.717, 1.165) is 0 Å².